The molecule has 7 nitrogen and oxygen atoms in total. The van der Waals surface area contributed by atoms with Crippen LogP contribution in [0.1, 0.15) is 17.5 Å². The fourth-order valence-corrected chi connectivity index (χ4v) is 4.66. The highest BCUT2D eigenvalue weighted by Gasteiger charge is 2.22. The SMILES string of the molecule is CCc1cc(N2CCN(c3ncnc4sc(C)cc34)CC2)nc(-c2ccncc2)n1. The smallest absolute Gasteiger partial charge is 0.161 e. The van der Waals surface area contributed by atoms with E-state index in [1.165, 1.54) is 4.88 Å². The summed E-state index contributed by atoms with van der Waals surface area (Å²) in [6, 6.07) is 8.23. The molecule has 152 valence electrons. The Balaban J connectivity index is 1.39. The second-order valence-corrected chi connectivity index (χ2v) is 8.61. The van der Waals surface area contributed by atoms with Gasteiger partial charge in [-0.05, 0) is 31.5 Å². The molecule has 0 amide bonds. The van der Waals surface area contributed by atoms with Gasteiger partial charge in [-0.3, -0.25) is 4.98 Å². The molecule has 1 aliphatic rings. The molecule has 0 unspecified atom stereocenters. The molecule has 5 rings (SSSR count). The summed E-state index contributed by atoms with van der Waals surface area (Å²) in [6.07, 6.45) is 6.12. The Hall–Kier alpha value is -3.13. The molecule has 0 saturated carbocycles. The summed E-state index contributed by atoms with van der Waals surface area (Å²) in [6.45, 7) is 7.84. The molecule has 0 bridgehead atoms. The van der Waals surface area contributed by atoms with E-state index < -0.39 is 0 Å². The molecule has 0 spiro atoms. The predicted molar refractivity (Wildman–Crippen MR) is 121 cm³/mol. The van der Waals surface area contributed by atoms with Crippen molar-refractivity contribution in [2.24, 2.45) is 0 Å². The van der Waals surface area contributed by atoms with Gasteiger partial charge < -0.3 is 9.80 Å². The van der Waals surface area contributed by atoms with Crippen molar-refractivity contribution < 1.29 is 0 Å². The minimum atomic E-state index is 0.764. The van der Waals surface area contributed by atoms with Crippen LogP contribution in [0.2, 0.25) is 0 Å². The summed E-state index contributed by atoms with van der Waals surface area (Å²) in [5, 5.41) is 1.16. The number of hydrogen-bond acceptors (Lipinski definition) is 8. The molecule has 0 radical (unpaired) electrons. The van der Waals surface area contributed by atoms with Crippen LogP contribution >= 0.6 is 11.3 Å². The number of aryl methyl sites for hydroxylation is 2. The van der Waals surface area contributed by atoms with Crippen LogP contribution in [0.3, 0.4) is 0 Å². The average molecular weight is 418 g/mol. The van der Waals surface area contributed by atoms with Gasteiger partial charge in [0.1, 0.15) is 22.8 Å². The molecular weight excluding hydrogens is 394 g/mol. The monoisotopic (exact) mass is 417 g/mol. The van der Waals surface area contributed by atoms with E-state index >= 15 is 0 Å². The van der Waals surface area contributed by atoms with E-state index in [4.69, 9.17) is 9.97 Å². The number of hydrogen-bond donors (Lipinski definition) is 0. The summed E-state index contributed by atoms with van der Waals surface area (Å²) in [5.74, 6) is 2.80. The van der Waals surface area contributed by atoms with E-state index in [0.717, 1.165) is 71.5 Å². The average Bonchev–Trinajstić information content (AvgIpc) is 3.19. The molecule has 4 aromatic heterocycles. The van der Waals surface area contributed by atoms with Crippen molar-refractivity contribution in [3.8, 4) is 11.4 Å². The van der Waals surface area contributed by atoms with E-state index in [1.54, 1.807) is 30.1 Å². The maximum Gasteiger partial charge on any atom is 0.161 e. The van der Waals surface area contributed by atoms with E-state index in [0.29, 0.717) is 0 Å². The Morgan fingerprint density at radius 1 is 0.967 bits per heavy atom. The van der Waals surface area contributed by atoms with Crippen molar-refractivity contribution in [3.05, 3.63) is 53.6 Å². The van der Waals surface area contributed by atoms with Crippen molar-refractivity contribution in [2.45, 2.75) is 20.3 Å². The lowest BCUT2D eigenvalue weighted by molar-refractivity contribution is 0.642. The number of nitrogens with zero attached hydrogens (tertiary/aromatic N) is 7. The van der Waals surface area contributed by atoms with Crippen LogP contribution in [0.15, 0.2) is 43.0 Å². The molecule has 30 heavy (non-hydrogen) atoms. The zero-order valence-corrected chi connectivity index (χ0v) is 17.9. The Kier molecular flexibility index (Phi) is 5.00. The van der Waals surface area contributed by atoms with Crippen molar-refractivity contribution in [3.63, 3.8) is 0 Å². The van der Waals surface area contributed by atoms with Gasteiger partial charge in [0.05, 0.1) is 5.39 Å². The van der Waals surface area contributed by atoms with Crippen molar-refractivity contribution >= 4 is 33.2 Å². The quantitative estimate of drug-likeness (QED) is 0.501. The van der Waals surface area contributed by atoms with Crippen LogP contribution in [0.5, 0.6) is 0 Å². The summed E-state index contributed by atoms with van der Waals surface area (Å²) in [7, 11) is 0. The lowest BCUT2D eigenvalue weighted by Crippen LogP contribution is -2.47. The highest BCUT2D eigenvalue weighted by atomic mass is 32.1. The van der Waals surface area contributed by atoms with E-state index in [-0.39, 0.29) is 0 Å². The Bertz CT molecular complexity index is 1170. The van der Waals surface area contributed by atoms with Crippen molar-refractivity contribution in [2.75, 3.05) is 36.0 Å². The minimum Gasteiger partial charge on any atom is -0.353 e. The second-order valence-electron chi connectivity index (χ2n) is 7.38. The van der Waals surface area contributed by atoms with Crippen LogP contribution in [0.4, 0.5) is 11.6 Å². The Labute approximate surface area is 179 Å². The molecule has 0 aliphatic carbocycles. The molecule has 0 N–H and O–H groups in total. The first kappa shape index (κ1) is 18.9. The largest absolute Gasteiger partial charge is 0.353 e. The Morgan fingerprint density at radius 2 is 1.73 bits per heavy atom. The molecular formula is C22H23N7S. The molecule has 0 aromatic carbocycles. The fraction of sp³-hybridized carbons (Fsp3) is 0.318. The third-order valence-corrected chi connectivity index (χ3v) is 6.36. The number of anilines is 2. The number of pyridine rings is 1. The fourth-order valence-electron chi connectivity index (χ4n) is 3.82. The maximum absolute atomic E-state index is 4.87. The highest BCUT2D eigenvalue weighted by molar-refractivity contribution is 7.18. The summed E-state index contributed by atoms with van der Waals surface area (Å²) < 4.78 is 0. The molecule has 5 heterocycles. The molecule has 0 atom stereocenters. The number of piperazine rings is 1. The Morgan fingerprint density at radius 3 is 2.50 bits per heavy atom. The van der Waals surface area contributed by atoms with Crippen LogP contribution in [-0.4, -0.2) is 51.1 Å². The summed E-state index contributed by atoms with van der Waals surface area (Å²) in [5.41, 5.74) is 2.05. The topological polar surface area (TPSA) is 70.9 Å². The van der Waals surface area contributed by atoms with Gasteiger partial charge in [0.15, 0.2) is 5.82 Å². The molecule has 1 fully saturated rings. The van der Waals surface area contributed by atoms with Gasteiger partial charge in [0, 0.05) is 60.8 Å². The van der Waals surface area contributed by atoms with E-state index in [9.17, 15) is 0 Å². The van der Waals surface area contributed by atoms with Gasteiger partial charge in [0.2, 0.25) is 0 Å². The first-order valence-electron chi connectivity index (χ1n) is 10.2. The van der Waals surface area contributed by atoms with Gasteiger partial charge in [-0.25, -0.2) is 19.9 Å². The van der Waals surface area contributed by atoms with Crippen LogP contribution in [-0.2, 0) is 6.42 Å². The van der Waals surface area contributed by atoms with Gasteiger partial charge in [-0.1, -0.05) is 6.92 Å². The number of rotatable bonds is 4. The van der Waals surface area contributed by atoms with Crippen LogP contribution in [0.25, 0.3) is 21.6 Å². The van der Waals surface area contributed by atoms with Gasteiger partial charge in [0.25, 0.3) is 0 Å². The summed E-state index contributed by atoms with van der Waals surface area (Å²) >= 11 is 1.72. The summed E-state index contributed by atoms with van der Waals surface area (Å²) in [4.78, 5) is 29.8. The van der Waals surface area contributed by atoms with E-state index in [1.807, 2.05) is 12.1 Å². The third kappa shape index (κ3) is 3.59. The molecule has 4 aromatic rings. The molecule has 8 heteroatoms. The standard InChI is InChI=1S/C22H23N7S/c1-3-17-13-19(27-20(26-17)16-4-6-23-7-5-16)28-8-10-29(11-9-28)21-18-12-15(2)30-22(18)25-14-24-21/h4-7,12-14H,3,8-11H2,1-2H3. The maximum atomic E-state index is 4.87. The normalized spacial score (nSPS) is 14.5. The second kappa shape index (κ2) is 7.95. The third-order valence-electron chi connectivity index (χ3n) is 5.40. The number of aromatic nitrogens is 5. The van der Waals surface area contributed by atoms with E-state index in [2.05, 4.69) is 50.7 Å². The lowest BCUT2D eigenvalue weighted by atomic mass is 10.2. The first-order chi connectivity index (χ1) is 14.7. The van der Waals surface area contributed by atoms with Crippen molar-refractivity contribution in [1.82, 2.24) is 24.9 Å². The van der Waals surface area contributed by atoms with Gasteiger partial charge in [-0.2, -0.15) is 0 Å². The predicted octanol–water partition coefficient (Wildman–Crippen LogP) is 3.74. The van der Waals surface area contributed by atoms with Crippen LogP contribution in [0, 0.1) is 6.92 Å². The highest BCUT2D eigenvalue weighted by Crippen LogP contribution is 2.30. The van der Waals surface area contributed by atoms with Crippen molar-refractivity contribution in [1.29, 1.82) is 0 Å². The first-order valence-corrected chi connectivity index (χ1v) is 11.0. The van der Waals surface area contributed by atoms with Crippen LogP contribution < -0.4 is 9.80 Å². The molecule has 1 aliphatic heterocycles. The zero-order valence-electron chi connectivity index (χ0n) is 17.1. The van der Waals surface area contributed by atoms with Gasteiger partial charge in [-0.15, -0.1) is 11.3 Å². The van der Waals surface area contributed by atoms with Gasteiger partial charge >= 0.3 is 0 Å². The number of fused-ring (bicyclic) bond motifs is 1. The lowest BCUT2D eigenvalue weighted by Gasteiger charge is -2.36. The molecule has 1 saturated heterocycles. The zero-order chi connectivity index (χ0) is 20.5. The number of thiophene rings is 1. The minimum absolute atomic E-state index is 0.764.